The number of hydrogen-bond acceptors (Lipinski definition) is 1. The molecule has 4 rings (SSSR count). The van der Waals surface area contributed by atoms with Gasteiger partial charge in [-0.2, -0.15) is 0 Å². The molecule has 0 bridgehead atoms. The lowest BCUT2D eigenvalue weighted by Crippen LogP contribution is -2.18. The first-order valence-electron chi connectivity index (χ1n) is 9.91. The Balaban J connectivity index is 1.63. The zero-order chi connectivity index (χ0) is 16.4. The Kier molecular flexibility index (Phi) is 4.52. The number of hydrogen-bond donors (Lipinski definition) is 0. The van der Waals surface area contributed by atoms with E-state index in [1.165, 1.54) is 74.1 Å². The van der Waals surface area contributed by atoms with E-state index in [4.69, 9.17) is 4.74 Å². The average molecular weight is 322 g/mol. The number of benzene rings is 2. The van der Waals surface area contributed by atoms with E-state index >= 15 is 0 Å². The molecule has 1 nitrogen and oxygen atoms in total. The molecule has 2 aliphatic rings. The molecular weight excluding hydrogens is 292 g/mol. The van der Waals surface area contributed by atoms with E-state index in [1.54, 1.807) is 0 Å². The lowest BCUT2D eigenvalue weighted by molar-refractivity contribution is 0.210. The van der Waals surface area contributed by atoms with Crippen molar-refractivity contribution in [2.45, 2.75) is 70.1 Å². The Labute approximate surface area is 146 Å². The second-order valence-corrected chi connectivity index (χ2v) is 8.24. The van der Waals surface area contributed by atoms with Crippen LogP contribution in [0, 0.1) is 5.92 Å². The minimum Gasteiger partial charge on any atom is -0.493 e. The largest absolute Gasteiger partial charge is 0.493 e. The summed E-state index contributed by atoms with van der Waals surface area (Å²) in [7, 11) is 0. The van der Waals surface area contributed by atoms with E-state index in [-0.39, 0.29) is 0 Å². The van der Waals surface area contributed by atoms with Gasteiger partial charge < -0.3 is 4.74 Å². The Morgan fingerprint density at radius 2 is 1.58 bits per heavy atom. The Bertz CT molecular complexity index is 690. The van der Waals surface area contributed by atoms with Crippen LogP contribution in [0.3, 0.4) is 0 Å². The zero-order valence-electron chi connectivity index (χ0n) is 15.0. The summed E-state index contributed by atoms with van der Waals surface area (Å²) in [6.45, 7) is 3.34. The molecular formula is C23H30O. The van der Waals surface area contributed by atoms with Crippen molar-refractivity contribution >= 4 is 10.8 Å². The fourth-order valence-electron chi connectivity index (χ4n) is 4.91. The van der Waals surface area contributed by atoms with Gasteiger partial charge in [0.1, 0.15) is 5.75 Å². The molecule has 2 saturated carbocycles. The van der Waals surface area contributed by atoms with Crippen molar-refractivity contribution < 1.29 is 4.74 Å². The van der Waals surface area contributed by atoms with Gasteiger partial charge in [-0.05, 0) is 54.0 Å². The molecule has 128 valence electrons. The maximum atomic E-state index is 6.31. The van der Waals surface area contributed by atoms with Crippen LogP contribution in [0.15, 0.2) is 36.4 Å². The second kappa shape index (κ2) is 6.78. The van der Waals surface area contributed by atoms with Crippen LogP contribution < -0.4 is 4.74 Å². The minimum atomic E-state index is 0.349. The third-order valence-electron chi connectivity index (χ3n) is 6.44. The third kappa shape index (κ3) is 3.06. The van der Waals surface area contributed by atoms with E-state index in [0.717, 1.165) is 18.3 Å². The SMILES string of the molecule is CC1(c2ccc(OCC3CCCCC3)c3ccccc23)CCCC1. The summed E-state index contributed by atoms with van der Waals surface area (Å²) in [6, 6.07) is 13.5. The molecule has 0 aliphatic heterocycles. The molecule has 1 heteroatoms. The summed E-state index contributed by atoms with van der Waals surface area (Å²) in [5.41, 5.74) is 1.88. The van der Waals surface area contributed by atoms with E-state index in [1.807, 2.05) is 0 Å². The number of fused-ring (bicyclic) bond motifs is 1. The van der Waals surface area contributed by atoms with Gasteiger partial charge in [0.2, 0.25) is 0 Å². The van der Waals surface area contributed by atoms with Crippen LogP contribution in [0.4, 0.5) is 0 Å². The Hall–Kier alpha value is -1.50. The van der Waals surface area contributed by atoms with Crippen molar-refractivity contribution in [1.29, 1.82) is 0 Å². The quantitative estimate of drug-likeness (QED) is 0.613. The van der Waals surface area contributed by atoms with Crippen LogP contribution in [0.25, 0.3) is 10.8 Å². The topological polar surface area (TPSA) is 9.23 Å². The molecule has 0 radical (unpaired) electrons. The van der Waals surface area contributed by atoms with Crippen LogP contribution >= 0.6 is 0 Å². The van der Waals surface area contributed by atoms with Crippen molar-refractivity contribution in [2.75, 3.05) is 6.61 Å². The first-order chi connectivity index (χ1) is 11.8. The van der Waals surface area contributed by atoms with Crippen LogP contribution in [0.5, 0.6) is 5.75 Å². The smallest absolute Gasteiger partial charge is 0.127 e. The zero-order valence-corrected chi connectivity index (χ0v) is 15.0. The summed E-state index contributed by atoms with van der Waals surface area (Å²) < 4.78 is 6.31. The predicted octanol–water partition coefficient (Wildman–Crippen LogP) is 6.63. The van der Waals surface area contributed by atoms with Gasteiger partial charge in [0.05, 0.1) is 6.61 Å². The second-order valence-electron chi connectivity index (χ2n) is 8.24. The highest BCUT2D eigenvalue weighted by atomic mass is 16.5. The fraction of sp³-hybridized carbons (Fsp3) is 0.565. The monoisotopic (exact) mass is 322 g/mol. The standard InChI is InChI=1S/C23H30O/c1-23(15-7-8-16-23)21-13-14-22(20-12-6-5-11-19(20)21)24-17-18-9-3-2-4-10-18/h5-6,11-14,18H,2-4,7-10,15-17H2,1H3. The van der Waals surface area contributed by atoms with Gasteiger partial charge in [-0.15, -0.1) is 0 Å². The molecule has 0 N–H and O–H groups in total. The van der Waals surface area contributed by atoms with Gasteiger partial charge in [-0.1, -0.05) is 69.4 Å². The van der Waals surface area contributed by atoms with E-state index in [2.05, 4.69) is 43.3 Å². The maximum absolute atomic E-state index is 6.31. The van der Waals surface area contributed by atoms with Gasteiger partial charge >= 0.3 is 0 Å². The molecule has 0 amide bonds. The van der Waals surface area contributed by atoms with E-state index in [9.17, 15) is 0 Å². The van der Waals surface area contributed by atoms with Crippen molar-refractivity contribution in [3.63, 3.8) is 0 Å². The van der Waals surface area contributed by atoms with Crippen molar-refractivity contribution in [3.05, 3.63) is 42.0 Å². The van der Waals surface area contributed by atoms with Gasteiger partial charge in [-0.25, -0.2) is 0 Å². The lowest BCUT2D eigenvalue weighted by atomic mass is 9.78. The molecule has 0 heterocycles. The molecule has 2 aromatic rings. The first kappa shape index (κ1) is 16.0. The molecule has 2 fully saturated rings. The molecule has 0 spiro atoms. The van der Waals surface area contributed by atoms with Crippen LogP contribution in [0.1, 0.15) is 70.3 Å². The highest BCUT2D eigenvalue weighted by Crippen LogP contribution is 2.44. The lowest BCUT2D eigenvalue weighted by Gasteiger charge is -2.27. The molecule has 24 heavy (non-hydrogen) atoms. The van der Waals surface area contributed by atoms with Gasteiger partial charge in [0.25, 0.3) is 0 Å². The van der Waals surface area contributed by atoms with Crippen LogP contribution in [-0.2, 0) is 5.41 Å². The number of rotatable bonds is 4. The molecule has 2 aromatic carbocycles. The highest BCUT2D eigenvalue weighted by Gasteiger charge is 2.32. The molecule has 0 saturated heterocycles. The predicted molar refractivity (Wildman–Crippen MR) is 102 cm³/mol. The van der Waals surface area contributed by atoms with Gasteiger partial charge in [0.15, 0.2) is 0 Å². The van der Waals surface area contributed by atoms with Gasteiger partial charge in [-0.3, -0.25) is 0 Å². The molecule has 0 unspecified atom stereocenters. The number of ether oxygens (including phenoxy) is 1. The summed E-state index contributed by atoms with van der Waals surface area (Å²) in [4.78, 5) is 0. The van der Waals surface area contributed by atoms with Crippen molar-refractivity contribution in [3.8, 4) is 5.75 Å². The van der Waals surface area contributed by atoms with E-state index < -0.39 is 0 Å². The first-order valence-corrected chi connectivity index (χ1v) is 9.91. The van der Waals surface area contributed by atoms with Crippen LogP contribution in [-0.4, -0.2) is 6.61 Å². The summed E-state index contributed by atoms with van der Waals surface area (Å²) in [5.74, 6) is 1.84. The van der Waals surface area contributed by atoms with Gasteiger partial charge in [0, 0.05) is 5.39 Å². The Morgan fingerprint density at radius 3 is 2.33 bits per heavy atom. The van der Waals surface area contributed by atoms with Crippen LogP contribution in [0.2, 0.25) is 0 Å². The minimum absolute atomic E-state index is 0.349. The fourth-order valence-corrected chi connectivity index (χ4v) is 4.91. The third-order valence-corrected chi connectivity index (χ3v) is 6.44. The van der Waals surface area contributed by atoms with E-state index in [0.29, 0.717) is 5.41 Å². The summed E-state index contributed by atoms with van der Waals surface area (Å²) in [6.07, 6.45) is 12.2. The molecule has 0 aromatic heterocycles. The maximum Gasteiger partial charge on any atom is 0.127 e. The molecule has 2 aliphatic carbocycles. The Morgan fingerprint density at radius 1 is 0.875 bits per heavy atom. The normalized spacial score (nSPS) is 21.2. The summed E-state index contributed by atoms with van der Waals surface area (Å²) in [5, 5.41) is 2.71. The van der Waals surface area contributed by atoms with Crippen molar-refractivity contribution in [2.24, 2.45) is 5.92 Å². The average Bonchev–Trinajstić information content (AvgIpc) is 3.08. The summed E-state index contributed by atoms with van der Waals surface area (Å²) >= 11 is 0. The highest BCUT2D eigenvalue weighted by molar-refractivity contribution is 5.91. The molecule has 0 atom stereocenters. The van der Waals surface area contributed by atoms with Crippen molar-refractivity contribution in [1.82, 2.24) is 0 Å².